The number of rotatable bonds is 10. The Kier molecular flexibility index (Phi) is 8.47. The minimum atomic E-state index is 0.785. The van der Waals surface area contributed by atoms with Gasteiger partial charge in [0.1, 0.15) is 0 Å². The summed E-state index contributed by atoms with van der Waals surface area (Å²) in [5.74, 6) is 0. The van der Waals surface area contributed by atoms with Crippen LogP contribution in [0.1, 0.15) is 17.5 Å². The van der Waals surface area contributed by atoms with E-state index in [1.165, 1.54) is 17.5 Å². The van der Waals surface area contributed by atoms with E-state index in [4.69, 9.17) is 4.74 Å². The molecule has 0 saturated heterocycles. The lowest BCUT2D eigenvalue weighted by Gasteiger charge is -2.06. The standard InChI is InChI=1S/C15H26N2O/c1-14-5-7-15(8-6-14)4-3-9-16-10-11-17-12-13-18-2/h5-8,16-17H,3-4,9-13H2,1-2H3. The van der Waals surface area contributed by atoms with Crippen LogP contribution in [0.2, 0.25) is 0 Å². The van der Waals surface area contributed by atoms with E-state index in [1.54, 1.807) is 7.11 Å². The molecule has 1 rings (SSSR count). The molecule has 0 unspecified atom stereocenters. The first-order valence-corrected chi connectivity index (χ1v) is 6.79. The molecule has 0 heterocycles. The Morgan fingerprint density at radius 2 is 1.61 bits per heavy atom. The number of hydrogen-bond acceptors (Lipinski definition) is 3. The van der Waals surface area contributed by atoms with Crippen LogP contribution >= 0.6 is 0 Å². The summed E-state index contributed by atoms with van der Waals surface area (Å²) < 4.78 is 4.96. The van der Waals surface area contributed by atoms with Crippen LogP contribution in [0.3, 0.4) is 0 Å². The molecule has 1 aromatic carbocycles. The van der Waals surface area contributed by atoms with Gasteiger partial charge in [0, 0.05) is 26.7 Å². The maximum Gasteiger partial charge on any atom is 0.0587 e. The second kappa shape index (κ2) is 10.1. The Bertz CT molecular complexity index is 298. The van der Waals surface area contributed by atoms with E-state index in [0.29, 0.717) is 0 Å². The molecule has 3 nitrogen and oxygen atoms in total. The van der Waals surface area contributed by atoms with Crippen LogP contribution in [0.5, 0.6) is 0 Å². The van der Waals surface area contributed by atoms with Gasteiger partial charge in [0.05, 0.1) is 6.61 Å². The topological polar surface area (TPSA) is 33.3 Å². The summed E-state index contributed by atoms with van der Waals surface area (Å²) in [6.45, 7) is 6.96. The number of benzene rings is 1. The number of nitrogens with one attached hydrogen (secondary N) is 2. The van der Waals surface area contributed by atoms with E-state index in [-0.39, 0.29) is 0 Å². The van der Waals surface area contributed by atoms with Gasteiger partial charge in [-0.1, -0.05) is 29.8 Å². The maximum absolute atomic E-state index is 4.96. The van der Waals surface area contributed by atoms with Crippen molar-refractivity contribution in [3.8, 4) is 0 Å². The first-order valence-electron chi connectivity index (χ1n) is 6.79. The smallest absolute Gasteiger partial charge is 0.0587 e. The molecule has 1 aromatic rings. The van der Waals surface area contributed by atoms with E-state index < -0.39 is 0 Å². The Morgan fingerprint density at radius 3 is 2.28 bits per heavy atom. The van der Waals surface area contributed by atoms with Gasteiger partial charge in [-0.25, -0.2) is 0 Å². The highest BCUT2D eigenvalue weighted by Crippen LogP contribution is 2.04. The molecule has 18 heavy (non-hydrogen) atoms. The SMILES string of the molecule is COCCNCCNCCCc1ccc(C)cc1. The van der Waals surface area contributed by atoms with Crippen LogP contribution in [-0.2, 0) is 11.2 Å². The largest absolute Gasteiger partial charge is 0.383 e. The van der Waals surface area contributed by atoms with E-state index >= 15 is 0 Å². The maximum atomic E-state index is 4.96. The highest BCUT2D eigenvalue weighted by molar-refractivity contribution is 5.21. The van der Waals surface area contributed by atoms with Gasteiger partial charge in [0.25, 0.3) is 0 Å². The van der Waals surface area contributed by atoms with Crippen LogP contribution in [0.15, 0.2) is 24.3 Å². The van der Waals surface area contributed by atoms with Gasteiger partial charge < -0.3 is 15.4 Å². The Balaban J connectivity index is 1.91. The van der Waals surface area contributed by atoms with Gasteiger partial charge in [0.15, 0.2) is 0 Å². The predicted molar refractivity (Wildman–Crippen MR) is 77.1 cm³/mol. The zero-order chi connectivity index (χ0) is 13.1. The molecule has 102 valence electrons. The summed E-state index contributed by atoms with van der Waals surface area (Å²) in [5.41, 5.74) is 2.76. The first-order chi connectivity index (χ1) is 8.83. The quantitative estimate of drug-likeness (QED) is 0.621. The van der Waals surface area contributed by atoms with Crippen LogP contribution in [0, 0.1) is 6.92 Å². The van der Waals surface area contributed by atoms with Crippen molar-refractivity contribution in [1.82, 2.24) is 10.6 Å². The summed E-state index contributed by atoms with van der Waals surface area (Å²) in [5, 5.41) is 6.75. The van der Waals surface area contributed by atoms with Crippen LogP contribution in [0.4, 0.5) is 0 Å². The molecule has 0 atom stereocenters. The predicted octanol–water partition coefficient (Wildman–Crippen LogP) is 1.75. The van der Waals surface area contributed by atoms with Crippen molar-refractivity contribution in [3.63, 3.8) is 0 Å². The van der Waals surface area contributed by atoms with Gasteiger partial charge in [-0.3, -0.25) is 0 Å². The third-order valence-electron chi connectivity index (χ3n) is 2.90. The number of methoxy groups -OCH3 is 1. The fraction of sp³-hybridized carbons (Fsp3) is 0.600. The summed E-state index contributed by atoms with van der Waals surface area (Å²) in [7, 11) is 1.73. The third-order valence-corrected chi connectivity index (χ3v) is 2.90. The lowest BCUT2D eigenvalue weighted by Crippen LogP contribution is -2.30. The minimum Gasteiger partial charge on any atom is -0.383 e. The van der Waals surface area contributed by atoms with E-state index in [2.05, 4.69) is 41.8 Å². The van der Waals surface area contributed by atoms with Crippen LogP contribution in [0.25, 0.3) is 0 Å². The fourth-order valence-electron chi connectivity index (χ4n) is 1.77. The molecular weight excluding hydrogens is 224 g/mol. The normalized spacial score (nSPS) is 10.8. The molecule has 0 radical (unpaired) electrons. The van der Waals surface area contributed by atoms with E-state index in [0.717, 1.165) is 39.2 Å². The molecule has 3 heteroatoms. The van der Waals surface area contributed by atoms with Crippen molar-refractivity contribution in [3.05, 3.63) is 35.4 Å². The molecule has 0 bridgehead atoms. The first kappa shape index (κ1) is 15.2. The minimum absolute atomic E-state index is 0.785. The molecule has 0 aliphatic carbocycles. The molecule has 0 spiro atoms. The van der Waals surface area contributed by atoms with Crippen molar-refractivity contribution < 1.29 is 4.74 Å². The van der Waals surface area contributed by atoms with Crippen molar-refractivity contribution in [2.24, 2.45) is 0 Å². The number of ether oxygens (including phenoxy) is 1. The van der Waals surface area contributed by atoms with Gasteiger partial charge in [-0.15, -0.1) is 0 Å². The molecule has 0 aliphatic heterocycles. The Labute approximate surface area is 111 Å². The zero-order valence-corrected chi connectivity index (χ0v) is 11.7. The monoisotopic (exact) mass is 250 g/mol. The molecule has 0 amide bonds. The lowest BCUT2D eigenvalue weighted by atomic mass is 10.1. The summed E-state index contributed by atoms with van der Waals surface area (Å²) in [4.78, 5) is 0. The van der Waals surface area contributed by atoms with Crippen LogP contribution < -0.4 is 10.6 Å². The average molecular weight is 250 g/mol. The van der Waals surface area contributed by atoms with Crippen molar-refractivity contribution >= 4 is 0 Å². The molecule has 2 N–H and O–H groups in total. The summed E-state index contributed by atoms with van der Waals surface area (Å²) in [6.07, 6.45) is 2.35. The second-order valence-electron chi connectivity index (χ2n) is 4.58. The van der Waals surface area contributed by atoms with Gasteiger partial charge in [-0.05, 0) is 31.9 Å². The summed E-state index contributed by atoms with van der Waals surface area (Å²) >= 11 is 0. The molecule has 0 aromatic heterocycles. The Hall–Kier alpha value is -0.900. The zero-order valence-electron chi connectivity index (χ0n) is 11.7. The van der Waals surface area contributed by atoms with Gasteiger partial charge >= 0.3 is 0 Å². The number of hydrogen-bond donors (Lipinski definition) is 2. The van der Waals surface area contributed by atoms with Crippen molar-refractivity contribution in [2.45, 2.75) is 19.8 Å². The lowest BCUT2D eigenvalue weighted by molar-refractivity contribution is 0.199. The fourth-order valence-corrected chi connectivity index (χ4v) is 1.77. The van der Waals surface area contributed by atoms with Crippen molar-refractivity contribution in [1.29, 1.82) is 0 Å². The third kappa shape index (κ3) is 7.43. The second-order valence-corrected chi connectivity index (χ2v) is 4.58. The van der Waals surface area contributed by atoms with Gasteiger partial charge in [-0.2, -0.15) is 0 Å². The average Bonchev–Trinajstić information content (AvgIpc) is 2.39. The summed E-state index contributed by atoms with van der Waals surface area (Å²) in [6, 6.07) is 8.81. The highest BCUT2D eigenvalue weighted by Gasteiger charge is 1.93. The molecule has 0 aliphatic rings. The van der Waals surface area contributed by atoms with Gasteiger partial charge in [0.2, 0.25) is 0 Å². The van der Waals surface area contributed by atoms with E-state index in [9.17, 15) is 0 Å². The van der Waals surface area contributed by atoms with Crippen molar-refractivity contribution in [2.75, 3.05) is 39.9 Å². The Morgan fingerprint density at radius 1 is 0.944 bits per heavy atom. The molecule has 0 fully saturated rings. The number of aryl methyl sites for hydroxylation is 2. The molecule has 0 saturated carbocycles. The van der Waals surface area contributed by atoms with E-state index in [1.807, 2.05) is 0 Å². The molecular formula is C15H26N2O. The highest BCUT2D eigenvalue weighted by atomic mass is 16.5. The van der Waals surface area contributed by atoms with Crippen LogP contribution in [-0.4, -0.2) is 39.9 Å².